The number of phenols is 1. The minimum absolute atomic E-state index is 0.00751. The molecule has 2 atom stereocenters. The molecule has 0 spiro atoms. The van der Waals surface area contributed by atoms with Gasteiger partial charge in [-0.2, -0.15) is 0 Å². The molecule has 0 saturated carbocycles. The van der Waals surface area contributed by atoms with E-state index in [1.54, 1.807) is 6.07 Å². The van der Waals surface area contributed by atoms with Gasteiger partial charge in [0.2, 0.25) is 0 Å². The number of esters is 1. The largest absolute Gasteiger partial charge is 0.507 e. The Kier molecular flexibility index (Phi) is 5.88. The van der Waals surface area contributed by atoms with Gasteiger partial charge >= 0.3 is 5.97 Å². The van der Waals surface area contributed by atoms with Crippen molar-refractivity contribution < 1.29 is 24.5 Å². The molecule has 1 aliphatic carbocycles. The van der Waals surface area contributed by atoms with Crippen LogP contribution in [0.15, 0.2) is 42.5 Å². The van der Waals surface area contributed by atoms with Gasteiger partial charge in [0, 0.05) is 24.6 Å². The topological polar surface area (TPSA) is 95.9 Å². The number of nitrogens with one attached hydrogen (secondary N) is 1. The number of benzene rings is 2. The Morgan fingerprint density at radius 1 is 1.30 bits per heavy atom. The van der Waals surface area contributed by atoms with Crippen LogP contribution in [-0.2, 0) is 11.2 Å². The predicted octanol–water partition coefficient (Wildman–Crippen LogP) is 2.25. The first kappa shape index (κ1) is 19.1. The lowest BCUT2D eigenvalue weighted by Gasteiger charge is -2.24. The van der Waals surface area contributed by atoms with E-state index >= 15 is 0 Å². The molecule has 0 aromatic heterocycles. The Labute approximate surface area is 157 Å². The standard InChI is InChI=1S/C21H23NO5/c1-27-21(26)17-10-14(8-9-18(17)23)19(24)12-22-11-15-7-6-13-4-2-3-5-16(13)20(15)25/h2-5,8-10,15,19,22-24H,6-7,11-12H2,1H3. The number of aliphatic hydroxyl groups excluding tert-OH is 1. The third kappa shape index (κ3) is 4.18. The quantitative estimate of drug-likeness (QED) is 0.676. The molecule has 0 saturated heterocycles. The van der Waals surface area contributed by atoms with Gasteiger partial charge in [0.15, 0.2) is 5.78 Å². The average molecular weight is 369 g/mol. The van der Waals surface area contributed by atoms with E-state index in [4.69, 9.17) is 0 Å². The van der Waals surface area contributed by atoms with E-state index in [0.29, 0.717) is 12.1 Å². The van der Waals surface area contributed by atoms with Crippen LogP contribution in [0, 0.1) is 5.92 Å². The van der Waals surface area contributed by atoms with Gasteiger partial charge < -0.3 is 20.3 Å². The molecule has 6 nitrogen and oxygen atoms in total. The third-order valence-corrected chi connectivity index (χ3v) is 4.95. The summed E-state index contributed by atoms with van der Waals surface area (Å²) in [6, 6.07) is 12.0. The van der Waals surface area contributed by atoms with Crippen LogP contribution in [0.4, 0.5) is 0 Å². The van der Waals surface area contributed by atoms with Gasteiger partial charge in [0.25, 0.3) is 0 Å². The zero-order valence-corrected chi connectivity index (χ0v) is 15.1. The molecule has 0 fully saturated rings. The summed E-state index contributed by atoms with van der Waals surface area (Å²) in [5, 5.41) is 23.2. The SMILES string of the molecule is COC(=O)c1cc(C(O)CNCC2CCc3ccccc3C2=O)ccc1O. The first-order chi connectivity index (χ1) is 13.0. The summed E-state index contributed by atoms with van der Waals surface area (Å²) in [6.45, 7) is 0.711. The number of ketones is 1. The predicted molar refractivity (Wildman–Crippen MR) is 99.9 cm³/mol. The van der Waals surface area contributed by atoms with Gasteiger partial charge in [-0.3, -0.25) is 4.79 Å². The highest BCUT2D eigenvalue weighted by Gasteiger charge is 2.26. The van der Waals surface area contributed by atoms with Crippen LogP contribution in [0.3, 0.4) is 0 Å². The van der Waals surface area contributed by atoms with E-state index in [1.165, 1.54) is 19.2 Å². The smallest absolute Gasteiger partial charge is 0.341 e. The van der Waals surface area contributed by atoms with Gasteiger partial charge in [0.05, 0.1) is 13.2 Å². The molecule has 2 aromatic rings. The van der Waals surface area contributed by atoms with Crippen LogP contribution >= 0.6 is 0 Å². The number of hydrogen-bond acceptors (Lipinski definition) is 6. The number of fused-ring (bicyclic) bond motifs is 1. The maximum atomic E-state index is 12.6. The molecule has 1 aliphatic rings. The lowest BCUT2D eigenvalue weighted by molar-refractivity contribution is 0.0596. The van der Waals surface area contributed by atoms with Crippen LogP contribution in [0.2, 0.25) is 0 Å². The molecule has 6 heteroatoms. The Morgan fingerprint density at radius 3 is 2.85 bits per heavy atom. The highest BCUT2D eigenvalue weighted by molar-refractivity contribution is 6.00. The molecule has 0 heterocycles. The van der Waals surface area contributed by atoms with Crippen LogP contribution in [-0.4, -0.2) is 42.2 Å². The molecule has 2 aromatic carbocycles. The number of methoxy groups -OCH3 is 1. The summed E-state index contributed by atoms with van der Waals surface area (Å²) < 4.78 is 4.62. The first-order valence-corrected chi connectivity index (χ1v) is 8.93. The Bertz CT molecular complexity index is 848. The normalized spacial score (nSPS) is 17.3. The molecule has 142 valence electrons. The second kappa shape index (κ2) is 8.33. The number of carbonyl (C=O) groups excluding carboxylic acids is 2. The van der Waals surface area contributed by atoms with Crippen molar-refractivity contribution in [1.82, 2.24) is 5.32 Å². The number of aliphatic hydroxyl groups is 1. The number of aryl methyl sites for hydroxylation is 1. The molecule has 3 rings (SSSR count). The van der Waals surface area contributed by atoms with E-state index in [0.717, 1.165) is 24.0 Å². The fraction of sp³-hybridized carbons (Fsp3) is 0.333. The summed E-state index contributed by atoms with van der Waals surface area (Å²) in [4.78, 5) is 24.2. The second-order valence-corrected chi connectivity index (χ2v) is 6.70. The number of hydrogen-bond donors (Lipinski definition) is 3. The Morgan fingerprint density at radius 2 is 2.07 bits per heavy atom. The molecule has 2 unspecified atom stereocenters. The lowest BCUT2D eigenvalue weighted by atomic mass is 9.83. The maximum Gasteiger partial charge on any atom is 0.341 e. The summed E-state index contributed by atoms with van der Waals surface area (Å²) in [5.74, 6) is -0.841. The van der Waals surface area contributed by atoms with Gasteiger partial charge in [-0.15, -0.1) is 0 Å². The summed E-state index contributed by atoms with van der Waals surface area (Å²) >= 11 is 0. The van der Waals surface area contributed by atoms with E-state index in [9.17, 15) is 19.8 Å². The van der Waals surface area contributed by atoms with Crippen molar-refractivity contribution >= 4 is 11.8 Å². The van der Waals surface area contributed by atoms with E-state index < -0.39 is 12.1 Å². The average Bonchev–Trinajstić information content (AvgIpc) is 2.69. The first-order valence-electron chi connectivity index (χ1n) is 8.93. The summed E-state index contributed by atoms with van der Waals surface area (Å²) in [5.41, 5.74) is 2.38. The minimum atomic E-state index is -0.875. The number of ether oxygens (including phenoxy) is 1. The number of carbonyl (C=O) groups is 2. The van der Waals surface area contributed by atoms with Gasteiger partial charge in [-0.25, -0.2) is 4.79 Å². The number of Topliss-reactive ketones (excluding diaryl/α,β-unsaturated/α-hetero) is 1. The Balaban J connectivity index is 1.58. The number of phenolic OH excluding ortho intramolecular Hbond substituents is 1. The number of aromatic hydroxyl groups is 1. The Hall–Kier alpha value is -2.70. The zero-order valence-electron chi connectivity index (χ0n) is 15.1. The van der Waals surface area contributed by atoms with Crippen molar-refractivity contribution in [2.75, 3.05) is 20.2 Å². The number of rotatable bonds is 6. The van der Waals surface area contributed by atoms with Crippen molar-refractivity contribution in [1.29, 1.82) is 0 Å². The molecule has 0 radical (unpaired) electrons. The van der Waals surface area contributed by atoms with Crippen molar-refractivity contribution in [3.05, 3.63) is 64.7 Å². The minimum Gasteiger partial charge on any atom is -0.507 e. The lowest BCUT2D eigenvalue weighted by Crippen LogP contribution is -2.34. The van der Waals surface area contributed by atoms with Gasteiger partial charge in [-0.05, 0) is 36.1 Å². The second-order valence-electron chi connectivity index (χ2n) is 6.70. The highest BCUT2D eigenvalue weighted by Crippen LogP contribution is 2.26. The molecular weight excluding hydrogens is 346 g/mol. The fourth-order valence-corrected chi connectivity index (χ4v) is 3.40. The third-order valence-electron chi connectivity index (χ3n) is 4.95. The fourth-order valence-electron chi connectivity index (χ4n) is 3.40. The van der Waals surface area contributed by atoms with Crippen molar-refractivity contribution in [2.24, 2.45) is 5.92 Å². The van der Waals surface area contributed by atoms with E-state index in [-0.39, 0.29) is 29.6 Å². The van der Waals surface area contributed by atoms with E-state index in [1.807, 2.05) is 24.3 Å². The zero-order chi connectivity index (χ0) is 19.4. The van der Waals surface area contributed by atoms with Crippen molar-refractivity contribution in [3.8, 4) is 5.75 Å². The van der Waals surface area contributed by atoms with Crippen molar-refractivity contribution in [3.63, 3.8) is 0 Å². The molecular formula is C21H23NO5. The summed E-state index contributed by atoms with van der Waals surface area (Å²) in [6.07, 6.45) is 0.780. The van der Waals surface area contributed by atoms with Crippen LogP contribution in [0.1, 0.15) is 44.4 Å². The maximum absolute atomic E-state index is 12.6. The van der Waals surface area contributed by atoms with Gasteiger partial charge in [0.1, 0.15) is 11.3 Å². The van der Waals surface area contributed by atoms with Crippen LogP contribution < -0.4 is 5.32 Å². The van der Waals surface area contributed by atoms with Crippen LogP contribution in [0.25, 0.3) is 0 Å². The summed E-state index contributed by atoms with van der Waals surface area (Å²) in [7, 11) is 1.23. The monoisotopic (exact) mass is 369 g/mol. The molecule has 27 heavy (non-hydrogen) atoms. The molecule has 0 amide bonds. The van der Waals surface area contributed by atoms with Gasteiger partial charge in [-0.1, -0.05) is 30.3 Å². The molecule has 0 bridgehead atoms. The van der Waals surface area contributed by atoms with Crippen LogP contribution in [0.5, 0.6) is 5.75 Å². The highest BCUT2D eigenvalue weighted by atomic mass is 16.5. The molecule has 3 N–H and O–H groups in total. The van der Waals surface area contributed by atoms with E-state index in [2.05, 4.69) is 10.1 Å². The van der Waals surface area contributed by atoms with Crippen molar-refractivity contribution in [2.45, 2.75) is 18.9 Å². The molecule has 0 aliphatic heterocycles.